The molecule has 1 amide bonds. The van der Waals surface area contributed by atoms with Gasteiger partial charge in [-0.05, 0) is 38.0 Å². The van der Waals surface area contributed by atoms with Gasteiger partial charge in [-0.3, -0.25) is 4.79 Å². The Hall–Kier alpha value is -3.05. The number of rotatable bonds is 5. The lowest BCUT2D eigenvalue weighted by molar-refractivity contribution is -0.144. The van der Waals surface area contributed by atoms with Crippen LogP contribution in [-0.4, -0.2) is 30.5 Å². The van der Waals surface area contributed by atoms with Crippen molar-refractivity contribution in [1.29, 1.82) is 0 Å². The van der Waals surface area contributed by atoms with Crippen LogP contribution in [-0.2, 0) is 17.4 Å². The first kappa shape index (κ1) is 22.2. The summed E-state index contributed by atoms with van der Waals surface area (Å²) in [5.41, 5.74) is 3.20. The molecule has 1 N–H and O–H groups in total. The van der Waals surface area contributed by atoms with Crippen molar-refractivity contribution in [3.05, 3.63) is 57.4 Å². The second kappa shape index (κ2) is 8.47. The van der Waals surface area contributed by atoms with Crippen molar-refractivity contribution in [1.82, 2.24) is 24.6 Å². The third-order valence-electron chi connectivity index (χ3n) is 4.80. The summed E-state index contributed by atoms with van der Waals surface area (Å²) in [6, 6.07) is 7.20. The summed E-state index contributed by atoms with van der Waals surface area (Å²) < 4.78 is 39.8. The van der Waals surface area contributed by atoms with E-state index in [2.05, 4.69) is 25.4 Å². The van der Waals surface area contributed by atoms with Gasteiger partial charge in [0.2, 0.25) is 5.91 Å². The fourth-order valence-corrected chi connectivity index (χ4v) is 4.06. The zero-order chi connectivity index (χ0) is 23.0. The molecule has 0 spiro atoms. The van der Waals surface area contributed by atoms with Gasteiger partial charge in [-0.2, -0.15) is 18.2 Å². The van der Waals surface area contributed by atoms with E-state index in [0.717, 1.165) is 15.8 Å². The molecule has 32 heavy (non-hydrogen) atoms. The highest BCUT2D eigenvalue weighted by Crippen LogP contribution is 2.28. The number of thiazole rings is 1. The van der Waals surface area contributed by atoms with Gasteiger partial charge in [0.15, 0.2) is 5.13 Å². The molecule has 1 aromatic carbocycles. The summed E-state index contributed by atoms with van der Waals surface area (Å²) in [4.78, 5) is 24.4. The molecule has 12 heteroatoms. The number of alkyl halides is 3. The first-order chi connectivity index (χ1) is 15.1. The number of amides is 1. The van der Waals surface area contributed by atoms with E-state index in [1.807, 2.05) is 17.5 Å². The minimum absolute atomic E-state index is 0.103. The average molecular weight is 481 g/mol. The Morgan fingerprint density at radius 1 is 1.16 bits per heavy atom. The average Bonchev–Trinajstić information content (AvgIpc) is 3.35. The minimum atomic E-state index is -4.66. The zero-order valence-electron chi connectivity index (χ0n) is 16.9. The lowest BCUT2D eigenvalue weighted by Gasteiger charge is -2.10. The molecule has 7 nitrogen and oxygen atoms in total. The Bertz CT molecular complexity index is 1300. The number of benzene rings is 1. The molecule has 0 saturated heterocycles. The maximum absolute atomic E-state index is 12.9. The molecule has 0 atom stereocenters. The molecule has 0 bridgehead atoms. The van der Waals surface area contributed by atoms with E-state index in [-0.39, 0.29) is 24.5 Å². The predicted molar refractivity (Wildman–Crippen MR) is 115 cm³/mol. The van der Waals surface area contributed by atoms with Gasteiger partial charge in [0.25, 0.3) is 11.6 Å². The van der Waals surface area contributed by atoms with Crippen LogP contribution in [0.25, 0.3) is 17.0 Å². The first-order valence-corrected chi connectivity index (χ1v) is 10.7. The zero-order valence-corrected chi connectivity index (χ0v) is 18.4. The summed E-state index contributed by atoms with van der Waals surface area (Å²) in [7, 11) is 0. The van der Waals surface area contributed by atoms with E-state index in [0.29, 0.717) is 27.1 Å². The summed E-state index contributed by atoms with van der Waals surface area (Å²) in [6.07, 6.45) is -4.28. The van der Waals surface area contributed by atoms with Gasteiger partial charge >= 0.3 is 6.18 Å². The SMILES string of the molecule is Cc1nc2nc(C(F)(F)F)nn2c(C)c1CCC(=O)Nc1nc(-c2ccc(Cl)cc2)cs1. The monoisotopic (exact) mass is 480 g/mol. The lowest BCUT2D eigenvalue weighted by atomic mass is 10.1. The molecule has 3 aromatic heterocycles. The molecule has 166 valence electrons. The number of nitrogens with one attached hydrogen (secondary N) is 1. The van der Waals surface area contributed by atoms with Crippen LogP contribution in [0.1, 0.15) is 29.2 Å². The topological polar surface area (TPSA) is 85.1 Å². The van der Waals surface area contributed by atoms with E-state index >= 15 is 0 Å². The number of fused-ring (bicyclic) bond motifs is 1. The van der Waals surface area contributed by atoms with Gasteiger partial charge in [-0.15, -0.1) is 16.4 Å². The number of halogens is 4. The highest BCUT2D eigenvalue weighted by molar-refractivity contribution is 7.14. The predicted octanol–water partition coefficient (Wildman–Crippen LogP) is 5.11. The van der Waals surface area contributed by atoms with Crippen molar-refractivity contribution in [3.8, 4) is 11.3 Å². The molecule has 4 aromatic rings. The Balaban J connectivity index is 1.45. The van der Waals surface area contributed by atoms with Gasteiger partial charge in [0.1, 0.15) is 0 Å². The highest BCUT2D eigenvalue weighted by atomic mass is 35.5. The van der Waals surface area contributed by atoms with Crippen LogP contribution < -0.4 is 5.32 Å². The van der Waals surface area contributed by atoms with Crippen molar-refractivity contribution in [2.24, 2.45) is 0 Å². The third-order valence-corrected chi connectivity index (χ3v) is 5.80. The van der Waals surface area contributed by atoms with Gasteiger partial charge in [-0.25, -0.2) is 14.5 Å². The summed E-state index contributed by atoms with van der Waals surface area (Å²) >= 11 is 7.19. The Morgan fingerprint density at radius 2 is 1.88 bits per heavy atom. The van der Waals surface area contributed by atoms with Crippen LogP contribution in [0.15, 0.2) is 29.6 Å². The number of nitrogens with zero attached hydrogens (tertiary/aromatic N) is 5. The van der Waals surface area contributed by atoms with Crippen LogP contribution in [0.4, 0.5) is 18.3 Å². The Morgan fingerprint density at radius 3 is 2.56 bits per heavy atom. The number of aryl methyl sites for hydroxylation is 2. The molecule has 3 heterocycles. The standard InChI is InChI=1S/C20H16ClF3N6OS/c1-10-14(11(2)30-18(25-10)28-17(29-30)20(22,23)24)7-8-16(31)27-19-26-15(9-32-19)12-3-5-13(21)6-4-12/h3-6,9H,7-8H2,1-2H3,(H,26,27,31). The van der Waals surface area contributed by atoms with E-state index in [1.54, 1.807) is 26.0 Å². The summed E-state index contributed by atoms with van der Waals surface area (Å²) in [5.74, 6) is -1.64. The molecule has 0 saturated carbocycles. The maximum Gasteiger partial charge on any atom is 0.453 e. The molecule has 4 rings (SSSR count). The van der Waals surface area contributed by atoms with E-state index in [9.17, 15) is 18.0 Å². The lowest BCUT2D eigenvalue weighted by Crippen LogP contribution is -2.14. The van der Waals surface area contributed by atoms with Crippen molar-refractivity contribution in [2.75, 3.05) is 5.32 Å². The molecule has 0 fully saturated rings. The highest BCUT2D eigenvalue weighted by Gasteiger charge is 2.37. The Labute approximate surface area is 189 Å². The molecular weight excluding hydrogens is 465 g/mol. The number of hydrogen-bond acceptors (Lipinski definition) is 6. The van der Waals surface area contributed by atoms with Crippen LogP contribution in [0.2, 0.25) is 5.02 Å². The van der Waals surface area contributed by atoms with Gasteiger partial charge in [-0.1, -0.05) is 23.7 Å². The van der Waals surface area contributed by atoms with Gasteiger partial charge < -0.3 is 5.32 Å². The van der Waals surface area contributed by atoms with Gasteiger partial charge in [0, 0.05) is 33.8 Å². The van der Waals surface area contributed by atoms with Crippen molar-refractivity contribution in [2.45, 2.75) is 32.9 Å². The molecular formula is C20H16ClF3N6OS. The number of carbonyl (C=O) groups is 1. The van der Waals surface area contributed by atoms with Crippen molar-refractivity contribution in [3.63, 3.8) is 0 Å². The maximum atomic E-state index is 12.9. The summed E-state index contributed by atoms with van der Waals surface area (Å²) in [5, 5.41) is 9.17. The fraction of sp³-hybridized carbons (Fsp3) is 0.250. The first-order valence-electron chi connectivity index (χ1n) is 9.43. The van der Waals surface area contributed by atoms with Crippen LogP contribution in [0, 0.1) is 13.8 Å². The molecule has 0 aliphatic heterocycles. The number of anilines is 1. The van der Waals surface area contributed by atoms with Crippen LogP contribution in [0.3, 0.4) is 0 Å². The second-order valence-corrected chi connectivity index (χ2v) is 8.29. The van der Waals surface area contributed by atoms with E-state index in [4.69, 9.17) is 11.6 Å². The fourth-order valence-electron chi connectivity index (χ4n) is 3.19. The second-order valence-electron chi connectivity index (χ2n) is 7.00. The quantitative estimate of drug-likeness (QED) is 0.429. The minimum Gasteiger partial charge on any atom is -0.302 e. The summed E-state index contributed by atoms with van der Waals surface area (Å²) in [6.45, 7) is 3.30. The van der Waals surface area contributed by atoms with Gasteiger partial charge in [0.05, 0.1) is 5.69 Å². The largest absolute Gasteiger partial charge is 0.453 e. The van der Waals surface area contributed by atoms with Crippen LogP contribution >= 0.6 is 22.9 Å². The molecule has 0 unspecified atom stereocenters. The van der Waals surface area contributed by atoms with Crippen molar-refractivity contribution >= 4 is 39.8 Å². The van der Waals surface area contributed by atoms with E-state index in [1.165, 1.54) is 11.3 Å². The third kappa shape index (κ3) is 4.58. The van der Waals surface area contributed by atoms with E-state index < -0.39 is 12.0 Å². The van der Waals surface area contributed by atoms with Crippen molar-refractivity contribution < 1.29 is 18.0 Å². The molecule has 0 aliphatic rings. The number of carbonyl (C=O) groups excluding carboxylic acids is 1. The molecule has 0 aliphatic carbocycles. The van der Waals surface area contributed by atoms with Crippen LogP contribution in [0.5, 0.6) is 0 Å². The Kier molecular flexibility index (Phi) is 5.87. The number of aromatic nitrogens is 5. The molecule has 0 radical (unpaired) electrons. The smallest absolute Gasteiger partial charge is 0.302 e. The number of hydrogen-bond donors (Lipinski definition) is 1. The normalized spacial score (nSPS) is 11.8.